The van der Waals surface area contributed by atoms with Gasteiger partial charge in [-0.1, -0.05) is 61.5 Å². The lowest BCUT2D eigenvalue weighted by Crippen LogP contribution is -2.56. The highest BCUT2D eigenvalue weighted by Crippen LogP contribution is 2.58. The molecule has 304 valence electrons. The molecule has 2 aliphatic heterocycles. The number of nitriles is 1. The van der Waals surface area contributed by atoms with Gasteiger partial charge in [0.2, 0.25) is 5.79 Å². The zero-order valence-electron chi connectivity index (χ0n) is 33.8. The molecular weight excluding hydrogens is 747 g/mol. The average molecular weight is 801 g/mol. The van der Waals surface area contributed by atoms with Crippen molar-refractivity contribution in [1.82, 2.24) is 14.2 Å². The van der Waals surface area contributed by atoms with Gasteiger partial charge in [-0.15, -0.1) is 0 Å². The maximum atomic E-state index is 13.6. The summed E-state index contributed by atoms with van der Waals surface area (Å²) < 4.78 is 49.5. The van der Waals surface area contributed by atoms with E-state index in [1.54, 1.807) is 21.1 Å². The summed E-state index contributed by atoms with van der Waals surface area (Å²) in [6.07, 6.45) is -0.0431. The van der Waals surface area contributed by atoms with Crippen molar-refractivity contribution in [3.63, 3.8) is 0 Å². The van der Waals surface area contributed by atoms with Crippen LogP contribution in [0.2, 0.25) is 0 Å². The number of benzene rings is 3. The molecule has 6 rings (SSSR count). The first-order valence-corrected chi connectivity index (χ1v) is 20.4. The SMILES string of the molecule is COc1ccc(C(OC[C@@]23OC[C@H](C)[C@@H]([C@H](n4cc(C)c(=O)[nH]c4=O)O2)[C@@H]3OP(OCCC#N)N(C(C)C)C(C)C)(c2ccccc2)c2ccc(OC)cc2)cc1. The Morgan fingerprint density at radius 1 is 0.947 bits per heavy atom. The smallest absolute Gasteiger partial charge is 0.330 e. The maximum absolute atomic E-state index is 13.6. The van der Waals surface area contributed by atoms with Crippen LogP contribution in [-0.4, -0.2) is 72.2 Å². The third kappa shape index (κ3) is 8.45. The van der Waals surface area contributed by atoms with Gasteiger partial charge in [0, 0.05) is 29.8 Å². The highest BCUT2D eigenvalue weighted by atomic mass is 31.2. The zero-order valence-corrected chi connectivity index (χ0v) is 34.7. The fraction of sp³-hybridized carbons (Fsp3) is 0.465. The summed E-state index contributed by atoms with van der Waals surface area (Å²) in [6.45, 7) is 12.2. The molecule has 2 saturated heterocycles. The molecule has 2 fully saturated rings. The van der Waals surface area contributed by atoms with Crippen LogP contribution >= 0.6 is 8.53 Å². The largest absolute Gasteiger partial charge is 0.497 e. The summed E-state index contributed by atoms with van der Waals surface area (Å²) in [4.78, 5) is 28.6. The molecule has 0 saturated carbocycles. The quantitative estimate of drug-likeness (QED) is 0.0667. The summed E-state index contributed by atoms with van der Waals surface area (Å²) in [5.74, 6) is -0.835. The minimum Gasteiger partial charge on any atom is -0.497 e. The topological polar surface area (TPSA) is 147 Å². The predicted octanol–water partition coefficient (Wildman–Crippen LogP) is 7.04. The lowest BCUT2D eigenvalue weighted by Gasteiger charge is -2.46. The molecule has 57 heavy (non-hydrogen) atoms. The molecule has 2 aliphatic rings. The van der Waals surface area contributed by atoms with Crippen molar-refractivity contribution in [2.75, 3.05) is 34.0 Å². The van der Waals surface area contributed by atoms with E-state index in [-0.39, 0.29) is 44.2 Å². The summed E-state index contributed by atoms with van der Waals surface area (Å²) >= 11 is 0. The van der Waals surface area contributed by atoms with Gasteiger partial charge in [0.05, 0.1) is 39.9 Å². The number of aromatic nitrogens is 2. The zero-order chi connectivity index (χ0) is 40.9. The van der Waals surface area contributed by atoms with E-state index in [1.807, 2.05) is 85.8 Å². The number of aryl methyl sites for hydroxylation is 1. The molecule has 0 aliphatic carbocycles. The van der Waals surface area contributed by atoms with Gasteiger partial charge in [-0.25, -0.2) is 9.46 Å². The van der Waals surface area contributed by atoms with Crippen LogP contribution in [-0.2, 0) is 28.9 Å². The minimum atomic E-state index is -1.80. The number of hydrogen-bond acceptors (Lipinski definition) is 11. The lowest BCUT2D eigenvalue weighted by atomic mass is 9.79. The molecule has 3 heterocycles. The van der Waals surface area contributed by atoms with Crippen LogP contribution in [0.4, 0.5) is 0 Å². The van der Waals surface area contributed by atoms with Crippen molar-refractivity contribution in [3.05, 3.63) is 128 Å². The molecule has 0 amide bonds. The second kappa shape index (κ2) is 18.0. The molecule has 3 aromatic carbocycles. The Labute approximate surface area is 335 Å². The Balaban J connectivity index is 1.54. The summed E-state index contributed by atoms with van der Waals surface area (Å²) in [6, 6.07) is 27.6. The van der Waals surface area contributed by atoms with Crippen molar-refractivity contribution in [3.8, 4) is 17.6 Å². The van der Waals surface area contributed by atoms with Crippen LogP contribution in [0.3, 0.4) is 0 Å². The second-order valence-corrected chi connectivity index (χ2v) is 16.4. The number of nitrogens with zero attached hydrogens (tertiary/aromatic N) is 3. The van der Waals surface area contributed by atoms with Crippen LogP contribution in [0, 0.1) is 30.1 Å². The monoisotopic (exact) mass is 800 g/mol. The highest BCUT2D eigenvalue weighted by molar-refractivity contribution is 7.44. The molecule has 1 aromatic heterocycles. The Bertz CT molecular complexity index is 2050. The molecule has 1 N–H and O–H groups in total. The van der Waals surface area contributed by atoms with Gasteiger partial charge in [-0.05, 0) is 81.5 Å². The minimum absolute atomic E-state index is 0.0158. The predicted molar refractivity (Wildman–Crippen MR) is 216 cm³/mol. The van der Waals surface area contributed by atoms with E-state index in [0.717, 1.165) is 16.7 Å². The number of aromatic amines is 1. The number of methoxy groups -OCH3 is 2. The second-order valence-electron chi connectivity index (χ2n) is 15.0. The van der Waals surface area contributed by atoms with Gasteiger partial charge in [0.1, 0.15) is 36.0 Å². The number of rotatable bonds is 17. The van der Waals surface area contributed by atoms with Gasteiger partial charge in [-0.3, -0.25) is 14.3 Å². The number of ether oxygens (including phenoxy) is 5. The third-order valence-electron chi connectivity index (χ3n) is 10.6. The molecule has 2 bridgehead atoms. The molecule has 6 atom stereocenters. The third-order valence-corrected chi connectivity index (χ3v) is 12.7. The number of hydrogen-bond donors (Lipinski definition) is 1. The van der Waals surface area contributed by atoms with Crippen molar-refractivity contribution < 1.29 is 32.7 Å². The first kappa shape index (κ1) is 42.2. The average Bonchev–Trinajstić information content (AvgIpc) is 3.43. The van der Waals surface area contributed by atoms with E-state index in [2.05, 4.69) is 43.4 Å². The van der Waals surface area contributed by atoms with Crippen molar-refractivity contribution in [2.45, 2.75) is 83.8 Å². The summed E-state index contributed by atoms with van der Waals surface area (Å²) in [5.41, 5.74) is 0.491. The van der Waals surface area contributed by atoms with E-state index in [9.17, 15) is 14.9 Å². The van der Waals surface area contributed by atoms with E-state index in [0.29, 0.717) is 17.1 Å². The standard InChI is InChI=1S/C43H53N4O9P/c1-28(2)47(29(3)4)57(54-24-12-23-44)56-38-37-31(6)26-52-42(38,55-40(37)46-25-30(5)39(48)45-41(46)49)27-53-43(32-13-10-9-11-14-32,33-15-19-35(50-7)20-16-33)34-17-21-36(51-8)22-18-34/h9-11,13-22,25,28-29,31,37-38,40H,12,24,26-27H2,1-8H3,(H,45,48,49)/t31-,37+,38-,40+,42+,57?/m0/s1. The number of nitrogens with one attached hydrogen (secondary N) is 1. The Kier molecular flexibility index (Phi) is 13.4. The molecule has 13 nitrogen and oxygen atoms in total. The first-order chi connectivity index (χ1) is 27.4. The van der Waals surface area contributed by atoms with E-state index in [4.69, 9.17) is 32.7 Å². The maximum Gasteiger partial charge on any atom is 0.330 e. The van der Waals surface area contributed by atoms with E-state index < -0.39 is 49.4 Å². The Morgan fingerprint density at radius 2 is 1.53 bits per heavy atom. The Morgan fingerprint density at radius 3 is 2.07 bits per heavy atom. The van der Waals surface area contributed by atoms with Gasteiger partial charge in [-0.2, -0.15) is 5.26 Å². The summed E-state index contributed by atoms with van der Waals surface area (Å²) in [7, 11) is 1.45. The van der Waals surface area contributed by atoms with Gasteiger partial charge < -0.3 is 32.7 Å². The van der Waals surface area contributed by atoms with Crippen LogP contribution in [0.1, 0.15) is 69.5 Å². The highest BCUT2D eigenvalue weighted by Gasteiger charge is 2.64. The first-order valence-electron chi connectivity index (χ1n) is 19.3. The normalized spacial score (nSPS) is 22.5. The number of H-pyrrole nitrogens is 1. The van der Waals surface area contributed by atoms with Gasteiger partial charge >= 0.3 is 5.69 Å². The molecule has 14 heteroatoms. The molecule has 0 radical (unpaired) electrons. The summed E-state index contributed by atoms with van der Waals surface area (Å²) in [5, 5.41) is 9.44. The van der Waals surface area contributed by atoms with Gasteiger partial charge in [0.15, 0.2) is 0 Å². The fourth-order valence-electron chi connectivity index (χ4n) is 7.87. The van der Waals surface area contributed by atoms with E-state index in [1.165, 1.54) is 10.8 Å². The van der Waals surface area contributed by atoms with Crippen molar-refractivity contribution in [2.24, 2.45) is 11.8 Å². The van der Waals surface area contributed by atoms with Crippen LogP contribution in [0.15, 0.2) is 94.6 Å². The molecule has 1 unspecified atom stereocenters. The molecule has 4 aromatic rings. The molecular formula is C43H53N4O9P. The van der Waals surface area contributed by atoms with Crippen LogP contribution in [0.25, 0.3) is 0 Å². The van der Waals surface area contributed by atoms with Crippen LogP contribution in [0.5, 0.6) is 11.5 Å². The van der Waals surface area contributed by atoms with Crippen LogP contribution < -0.4 is 20.7 Å². The van der Waals surface area contributed by atoms with Crippen molar-refractivity contribution >= 4 is 8.53 Å². The van der Waals surface area contributed by atoms with Crippen molar-refractivity contribution in [1.29, 1.82) is 5.26 Å². The van der Waals surface area contributed by atoms with E-state index >= 15 is 0 Å². The number of fused-ring (bicyclic) bond motifs is 2. The molecule has 0 spiro atoms. The lowest BCUT2D eigenvalue weighted by molar-refractivity contribution is -0.299. The Hall–Kier alpha value is -4.38. The van der Waals surface area contributed by atoms with Gasteiger partial charge in [0.25, 0.3) is 14.1 Å². The fourth-order valence-corrected chi connectivity index (χ4v) is 9.67.